The summed E-state index contributed by atoms with van der Waals surface area (Å²) in [5, 5.41) is 9.21. The number of nitrogens with one attached hydrogen (secondary N) is 3. The molecule has 13 nitrogen and oxygen atoms in total. The molecule has 14 heteroatoms. The minimum Gasteiger partial charge on any atom is -0.489 e. The maximum atomic E-state index is 13.7. The van der Waals surface area contributed by atoms with Gasteiger partial charge in [0.25, 0.3) is 5.91 Å². The number of rotatable bonds is 19. The normalized spacial score (nSPS) is 12.7. The van der Waals surface area contributed by atoms with Crippen LogP contribution >= 0.6 is 11.3 Å². The number of fused-ring (bicyclic) bond motifs is 1. The number of carbonyl (C=O) groups is 4. The zero-order valence-corrected chi connectivity index (χ0v) is 28.5. The van der Waals surface area contributed by atoms with E-state index in [4.69, 9.17) is 27.7 Å². The van der Waals surface area contributed by atoms with Gasteiger partial charge in [0.15, 0.2) is 5.96 Å². The summed E-state index contributed by atoms with van der Waals surface area (Å²) in [4.78, 5) is 57.7. The van der Waals surface area contributed by atoms with Gasteiger partial charge in [-0.25, -0.2) is 0 Å². The van der Waals surface area contributed by atoms with E-state index in [2.05, 4.69) is 20.9 Å². The van der Waals surface area contributed by atoms with Gasteiger partial charge in [-0.2, -0.15) is 0 Å². The molecule has 0 spiro atoms. The van der Waals surface area contributed by atoms with Crippen LogP contribution in [0.1, 0.15) is 58.9 Å². The highest BCUT2D eigenvalue weighted by Crippen LogP contribution is 2.25. The molecular formula is C36H44N8O5S. The van der Waals surface area contributed by atoms with Crippen molar-refractivity contribution in [3.8, 4) is 5.75 Å². The van der Waals surface area contributed by atoms with Crippen molar-refractivity contribution in [2.45, 2.75) is 56.8 Å². The Labute approximate surface area is 294 Å². The van der Waals surface area contributed by atoms with Crippen LogP contribution in [0.3, 0.4) is 0 Å². The molecule has 1 aromatic heterocycles. The number of carbonyl (C=O) groups excluding carboxylic acids is 4. The van der Waals surface area contributed by atoms with Crippen LogP contribution in [0, 0.1) is 0 Å². The minimum absolute atomic E-state index is 0.0877. The van der Waals surface area contributed by atoms with Crippen LogP contribution in [0.4, 0.5) is 0 Å². The Hall–Kier alpha value is -5.47. The van der Waals surface area contributed by atoms with Crippen LogP contribution in [0.2, 0.25) is 0 Å². The van der Waals surface area contributed by atoms with Gasteiger partial charge in [-0.05, 0) is 79.4 Å². The van der Waals surface area contributed by atoms with E-state index in [0.29, 0.717) is 48.6 Å². The molecule has 3 atom stereocenters. The number of nitrogens with zero attached hydrogens (tertiary/aromatic N) is 1. The van der Waals surface area contributed by atoms with Crippen LogP contribution in [-0.2, 0) is 21.0 Å². The Bertz CT molecular complexity index is 1730. The van der Waals surface area contributed by atoms with E-state index in [1.807, 2.05) is 54.6 Å². The summed E-state index contributed by atoms with van der Waals surface area (Å²) in [6.45, 7) is 0.991. The predicted molar refractivity (Wildman–Crippen MR) is 195 cm³/mol. The number of ether oxygens (including phenoxy) is 1. The number of hydrogen-bond acceptors (Lipinski definition) is 8. The number of primary amides is 1. The van der Waals surface area contributed by atoms with Gasteiger partial charge in [-0.1, -0.05) is 60.7 Å². The molecule has 0 saturated carbocycles. The molecule has 0 fully saturated rings. The van der Waals surface area contributed by atoms with E-state index in [0.717, 1.165) is 15.6 Å². The topological polar surface area (TPSA) is 230 Å². The van der Waals surface area contributed by atoms with E-state index in [9.17, 15) is 19.2 Å². The summed E-state index contributed by atoms with van der Waals surface area (Å²) < 4.78 is 6.77. The molecule has 0 bridgehead atoms. The second kappa shape index (κ2) is 18.9. The predicted octanol–water partition coefficient (Wildman–Crippen LogP) is 2.59. The lowest BCUT2D eigenvalue weighted by molar-refractivity contribution is -0.132. The minimum atomic E-state index is -1.18. The monoisotopic (exact) mass is 700 g/mol. The molecule has 0 aliphatic carbocycles. The maximum Gasteiger partial charge on any atom is 0.262 e. The Morgan fingerprint density at radius 2 is 1.42 bits per heavy atom. The maximum absolute atomic E-state index is 13.7. The number of guanidine groups is 1. The van der Waals surface area contributed by atoms with Crippen molar-refractivity contribution in [3.63, 3.8) is 0 Å². The van der Waals surface area contributed by atoms with Crippen LogP contribution in [-0.4, -0.2) is 54.8 Å². The second-order valence-corrected chi connectivity index (χ2v) is 12.7. The summed E-state index contributed by atoms with van der Waals surface area (Å²) in [6.07, 6.45) is 1.93. The molecule has 4 rings (SSSR count). The van der Waals surface area contributed by atoms with Crippen LogP contribution in [0.25, 0.3) is 10.1 Å². The van der Waals surface area contributed by atoms with Crippen LogP contribution in [0.15, 0.2) is 89.9 Å². The third-order valence-electron chi connectivity index (χ3n) is 7.83. The molecule has 50 heavy (non-hydrogen) atoms. The molecular weight excluding hydrogens is 657 g/mol. The molecule has 11 N–H and O–H groups in total. The van der Waals surface area contributed by atoms with E-state index >= 15 is 0 Å². The first kappa shape index (κ1) is 37.4. The van der Waals surface area contributed by atoms with Gasteiger partial charge in [0.1, 0.15) is 30.5 Å². The summed E-state index contributed by atoms with van der Waals surface area (Å²) in [6, 6.07) is 22.4. The van der Waals surface area contributed by atoms with E-state index in [-0.39, 0.29) is 25.3 Å². The third-order valence-corrected chi connectivity index (χ3v) is 8.94. The van der Waals surface area contributed by atoms with Gasteiger partial charge in [-0.15, -0.1) is 11.3 Å². The number of aliphatic imine (C=N–C) groups is 1. The summed E-state index contributed by atoms with van der Waals surface area (Å²) in [5.41, 5.74) is 23.8. The standard InChI is InChI=1S/C36H44N8O5S/c37-19-7-6-12-27(34(47)44-31(32(38)45)24-15-17-26(18-16-24)49-22-23-9-2-1-3-10-23)42-33(46)28(13-8-20-41-36(39)40)43-35(48)30-21-25-11-4-5-14-29(25)50-30/h1-5,9-11,14-18,21,27-28,31H,6-8,12-13,19-20,22,37H2,(H2,38,45)(H,42,46)(H,43,48)(H,44,47)(H4,39,40,41)/t27-,28-,31+/m0/s1. The Morgan fingerprint density at radius 1 is 0.760 bits per heavy atom. The van der Waals surface area contributed by atoms with Crippen LogP contribution < -0.4 is 43.6 Å². The van der Waals surface area contributed by atoms with E-state index in [1.54, 1.807) is 30.3 Å². The highest BCUT2D eigenvalue weighted by molar-refractivity contribution is 7.20. The number of amides is 4. The number of nitrogens with two attached hydrogens (primary N) is 4. The number of hydrogen-bond donors (Lipinski definition) is 7. The molecule has 264 valence electrons. The number of benzene rings is 3. The quantitative estimate of drug-likeness (QED) is 0.0436. The van der Waals surface area contributed by atoms with Gasteiger partial charge in [-0.3, -0.25) is 24.2 Å². The Kier molecular flexibility index (Phi) is 14.1. The largest absolute Gasteiger partial charge is 0.489 e. The fraction of sp³-hybridized carbons (Fsp3) is 0.306. The first-order valence-electron chi connectivity index (χ1n) is 16.4. The second-order valence-electron chi connectivity index (χ2n) is 11.7. The molecule has 4 amide bonds. The fourth-order valence-electron chi connectivity index (χ4n) is 5.19. The summed E-state index contributed by atoms with van der Waals surface area (Å²) >= 11 is 1.31. The van der Waals surface area contributed by atoms with Crippen molar-refractivity contribution in [1.82, 2.24) is 16.0 Å². The van der Waals surface area contributed by atoms with Gasteiger partial charge in [0, 0.05) is 11.2 Å². The van der Waals surface area contributed by atoms with Crippen LogP contribution in [0.5, 0.6) is 5.75 Å². The Balaban J connectivity index is 1.47. The molecule has 0 aliphatic rings. The number of unbranched alkanes of at least 4 members (excludes halogenated alkanes) is 1. The molecule has 0 aliphatic heterocycles. The van der Waals surface area contributed by atoms with Crippen molar-refractivity contribution < 1.29 is 23.9 Å². The van der Waals surface area contributed by atoms with E-state index < -0.39 is 41.8 Å². The van der Waals surface area contributed by atoms with Gasteiger partial charge in [0.2, 0.25) is 17.7 Å². The fourth-order valence-corrected chi connectivity index (χ4v) is 6.15. The van der Waals surface area contributed by atoms with Crippen molar-refractivity contribution >= 4 is 51.0 Å². The van der Waals surface area contributed by atoms with Crippen molar-refractivity contribution in [2.24, 2.45) is 27.9 Å². The molecule has 4 aromatic rings. The Morgan fingerprint density at radius 3 is 2.10 bits per heavy atom. The van der Waals surface area contributed by atoms with Crippen molar-refractivity contribution in [3.05, 3.63) is 101 Å². The van der Waals surface area contributed by atoms with Gasteiger partial charge in [0.05, 0.1) is 4.88 Å². The first-order chi connectivity index (χ1) is 24.1. The van der Waals surface area contributed by atoms with Gasteiger partial charge >= 0.3 is 0 Å². The van der Waals surface area contributed by atoms with E-state index in [1.165, 1.54) is 11.3 Å². The summed E-state index contributed by atoms with van der Waals surface area (Å²) in [7, 11) is 0. The molecule has 0 unspecified atom stereocenters. The lowest BCUT2D eigenvalue weighted by Gasteiger charge is -2.25. The first-order valence-corrected chi connectivity index (χ1v) is 17.2. The average Bonchev–Trinajstić information content (AvgIpc) is 3.56. The third kappa shape index (κ3) is 11.3. The zero-order chi connectivity index (χ0) is 35.9. The highest BCUT2D eigenvalue weighted by atomic mass is 32.1. The smallest absolute Gasteiger partial charge is 0.262 e. The summed E-state index contributed by atoms with van der Waals surface area (Å²) in [5.74, 6) is -1.91. The highest BCUT2D eigenvalue weighted by Gasteiger charge is 2.30. The van der Waals surface area contributed by atoms with Crippen molar-refractivity contribution in [2.75, 3.05) is 13.1 Å². The number of thiophene rings is 1. The lowest BCUT2D eigenvalue weighted by atomic mass is 10.0. The molecule has 3 aromatic carbocycles. The van der Waals surface area contributed by atoms with Gasteiger partial charge < -0.3 is 43.6 Å². The lowest BCUT2D eigenvalue weighted by Crippen LogP contribution is -2.54. The SMILES string of the molecule is NCCCC[C@H](NC(=O)[C@H](CCCN=C(N)N)NC(=O)c1cc2ccccc2s1)C(=O)N[C@@H](C(N)=O)c1ccc(OCc2ccccc2)cc1. The molecule has 1 heterocycles. The average molecular weight is 701 g/mol. The van der Waals surface area contributed by atoms with Crippen molar-refractivity contribution in [1.29, 1.82) is 0 Å². The zero-order valence-electron chi connectivity index (χ0n) is 27.7. The molecule has 0 saturated heterocycles. The molecule has 0 radical (unpaired) electrons.